The fourth-order valence-electron chi connectivity index (χ4n) is 3.51. The summed E-state index contributed by atoms with van der Waals surface area (Å²) >= 11 is 0. The molecule has 0 saturated carbocycles. The van der Waals surface area contributed by atoms with Crippen molar-refractivity contribution >= 4 is 11.7 Å². The van der Waals surface area contributed by atoms with Crippen LogP contribution in [0.3, 0.4) is 0 Å². The number of likely N-dealkylation sites (N-methyl/N-ethyl adjacent to an activating group) is 1. The van der Waals surface area contributed by atoms with Crippen molar-refractivity contribution in [2.75, 3.05) is 27.8 Å². The maximum Gasteiger partial charge on any atom is 0.318 e. The molecule has 1 amide bonds. The van der Waals surface area contributed by atoms with Crippen LogP contribution in [0, 0.1) is 0 Å². The first kappa shape index (κ1) is 25.1. The van der Waals surface area contributed by atoms with E-state index in [1.165, 1.54) is 0 Å². The molecule has 3 aromatic rings. The molecule has 0 heterocycles. The normalized spacial score (nSPS) is 12.2. The number of carbonyl (C=O) groups is 2. The number of halogens is 1. The van der Waals surface area contributed by atoms with Gasteiger partial charge in [-0.15, -0.1) is 0 Å². The van der Waals surface area contributed by atoms with E-state index in [9.17, 15) is 9.59 Å². The molecular formula is C26H28ClNO4. The van der Waals surface area contributed by atoms with Gasteiger partial charge in [0, 0.05) is 11.1 Å². The highest BCUT2D eigenvalue weighted by atomic mass is 35.5. The topological polar surface area (TPSA) is 52.6 Å². The average Bonchev–Trinajstić information content (AvgIpc) is 2.80. The molecule has 0 bridgehead atoms. The Labute approximate surface area is 195 Å². The number of methoxy groups -OCH3 is 2. The van der Waals surface area contributed by atoms with Gasteiger partial charge in [0.25, 0.3) is 0 Å². The lowest BCUT2D eigenvalue weighted by atomic mass is 10.1. The number of amides is 1. The highest BCUT2D eigenvalue weighted by Crippen LogP contribution is 2.20. The van der Waals surface area contributed by atoms with Gasteiger partial charge in [-0.3, -0.25) is 9.28 Å². The van der Waals surface area contributed by atoms with E-state index < -0.39 is 0 Å². The minimum absolute atomic E-state index is 0. The van der Waals surface area contributed by atoms with Crippen LogP contribution in [-0.2, 0) is 17.8 Å². The van der Waals surface area contributed by atoms with Crippen molar-refractivity contribution in [1.82, 2.24) is 0 Å². The highest BCUT2D eigenvalue weighted by Gasteiger charge is 2.34. The molecule has 32 heavy (non-hydrogen) atoms. The Morgan fingerprint density at radius 1 is 0.750 bits per heavy atom. The van der Waals surface area contributed by atoms with Gasteiger partial charge in [0.15, 0.2) is 0 Å². The third-order valence-corrected chi connectivity index (χ3v) is 5.40. The van der Waals surface area contributed by atoms with Crippen LogP contribution >= 0.6 is 0 Å². The van der Waals surface area contributed by atoms with Gasteiger partial charge in [-0.1, -0.05) is 42.5 Å². The average molecular weight is 454 g/mol. The van der Waals surface area contributed by atoms with Crippen molar-refractivity contribution in [1.29, 1.82) is 0 Å². The van der Waals surface area contributed by atoms with Gasteiger partial charge in [0.1, 0.15) is 24.6 Å². The van der Waals surface area contributed by atoms with Gasteiger partial charge < -0.3 is 21.9 Å². The molecule has 1 unspecified atom stereocenters. The summed E-state index contributed by atoms with van der Waals surface area (Å²) in [7, 11) is 5.03. The SMILES string of the molecule is COc1ccc(CC(=O)[N+](C)(CC(=O)c2ccc(OC)cc2)Cc2ccccc2)cc1.[Cl-]. The van der Waals surface area contributed by atoms with Crippen LogP contribution in [0.4, 0.5) is 0 Å². The van der Waals surface area contributed by atoms with Crippen molar-refractivity contribution in [3.05, 3.63) is 95.6 Å². The monoisotopic (exact) mass is 453 g/mol. The van der Waals surface area contributed by atoms with E-state index in [2.05, 4.69) is 0 Å². The fraction of sp³-hybridized carbons (Fsp3) is 0.231. The summed E-state index contributed by atoms with van der Waals surface area (Å²) in [6.07, 6.45) is 0.239. The van der Waals surface area contributed by atoms with Crippen molar-refractivity contribution in [3.63, 3.8) is 0 Å². The van der Waals surface area contributed by atoms with Crippen LogP contribution in [-0.4, -0.2) is 44.0 Å². The summed E-state index contributed by atoms with van der Waals surface area (Å²) in [5, 5.41) is 0. The van der Waals surface area contributed by atoms with Crippen LogP contribution in [0.25, 0.3) is 0 Å². The second-order valence-corrected chi connectivity index (χ2v) is 7.77. The molecule has 0 aliphatic carbocycles. The summed E-state index contributed by atoms with van der Waals surface area (Å²) < 4.78 is 10.4. The van der Waals surface area contributed by atoms with Gasteiger partial charge in [-0.25, -0.2) is 4.79 Å². The molecule has 0 aliphatic rings. The number of rotatable bonds is 9. The molecule has 0 aliphatic heterocycles. The molecule has 1 atom stereocenters. The van der Waals surface area contributed by atoms with E-state index in [-0.39, 0.29) is 41.5 Å². The summed E-state index contributed by atoms with van der Waals surface area (Å²) in [6, 6.07) is 24.2. The Kier molecular flexibility index (Phi) is 9.00. The Morgan fingerprint density at radius 3 is 1.81 bits per heavy atom. The number of ether oxygens (including phenoxy) is 2. The number of quaternary nitrogens is 1. The lowest BCUT2D eigenvalue weighted by Gasteiger charge is -2.31. The molecule has 0 N–H and O–H groups in total. The molecule has 0 radical (unpaired) electrons. The second kappa shape index (κ2) is 11.5. The van der Waals surface area contributed by atoms with E-state index in [0.717, 1.165) is 16.9 Å². The van der Waals surface area contributed by atoms with Gasteiger partial charge in [0.2, 0.25) is 5.78 Å². The number of hydrogen-bond donors (Lipinski definition) is 0. The van der Waals surface area contributed by atoms with E-state index in [1.54, 1.807) is 38.5 Å². The quantitative estimate of drug-likeness (QED) is 0.362. The van der Waals surface area contributed by atoms with Crippen molar-refractivity contribution in [2.24, 2.45) is 0 Å². The predicted octanol–water partition coefficient (Wildman–Crippen LogP) is 1.31. The molecule has 3 aromatic carbocycles. The number of ketones is 1. The largest absolute Gasteiger partial charge is 1.00 e. The van der Waals surface area contributed by atoms with Crippen molar-refractivity contribution in [3.8, 4) is 11.5 Å². The minimum atomic E-state index is -0.0795. The Balaban J connectivity index is 0.00000363. The minimum Gasteiger partial charge on any atom is -1.00 e. The first-order valence-electron chi connectivity index (χ1n) is 10.2. The Hall–Kier alpha value is -3.15. The van der Waals surface area contributed by atoms with Gasteiger partial charge in [-0.2, -0.15) is 0 Å². The molecule has 0 aromatic heterocycles. The summed E-state index contributed by atoms with van der Waals surface area (Å²) in [5.74, 6) is 1.33. The third kappa shape index (κ3) is 6.42. The zero-order valence-corrected chi connectivity index (χ0v) is 19.3. The molecule has 0 saturated heterocycles. The molecule has 0 spiro atoms. The molecule has 0 fully saturated rings. The zero-order chi connectivity index (χ0) is 22.3. The number of carbonyl (C=O) groups excluding carboxylic acids is 2. The molecule has 168 valence electrons. The number of hydrogen-bond acceptors (Lipinski definition) is 4. The number of nitrogens with zero attached hydrogens (tertiary/aromatic N) is 1. The third-order valence-electron chi connectivity index (χ3n) is 5.40. The fourth-order valence-corrected chi connectivity index (χ4v) is 3.51. The lowest BCUT2D eigenvalue weighted by molar-refractivity contribution is -0.839. The summed E-state index contributed by atoms with van der Waals surface area (Å²) in [4.78, 5) is 26.5. The Bertz CT molecular complexity index is 1020. The van der Waals surface area contributed by atoms with E-state index in [4.69, 9.17) is 9.47 Å². The smallest absolute Gasteiger partial charge is 0.318 e. The molecule has 5 nitrogen and oxygen atoms in total. The van der Waals surface area contributed by atoms with Gasteiger partial charge in [0.05, 0.1) is 27.7 Å². The van der Waals surface area contributed by atoms with E-state index >= 15 is 0 Å². The van der Waals surface area contributed by atoms with Crippen LogP contribution < -0.4 is 21.9 Å². The Morgan fingerprint density at radius 2 is 1.28 bits per heavy atom. The lowest BCUT2D eigenvalue weighted by Crippen LogP contribution is -3.00. The predicted molar refractivity (Wildman–Crippen MR) is 120 cm³/mol. The van der Waals surface area contributed by atoms with Crippen LogP contribution in [0.2, 0.25) is 0 Å². The zero-order valence-electron chi connectivity index (χ0n) is 18.6. The summed E-state index contributed by atoms with van der Waals surface area (Å²) in [6.45, 7) is 0.522. The number of benzene rings is 3. The molecular weight excluding hydrogens is 426 g/mol. The maximum atomic E-state index is 13.4. The van der Waals surface area contributed by atoms with E-state index in [0.29, 0.717) is 17.9 Å². The number of Topliss-reactive ketones (excluding diaryl/α,β-unsaturated/α-hetero) is 1. The first-order valence-corrected chi connectivity index (χ1v) is 10.2. The maximum absolute atomic E-state index is 13.4. The summed E-state index contributed by atoms with van der Waals surface area (Å²) in [5.41, 5.74) is 2.46. The van der Waals surface area contributed by atoms with Crippen molar-refractivity contribution in [2.45, 2.75) is 13.0 Å². The molecule has 6 heteroatoms. The van der Waals surface area contributed by atoms with Crippen LogP contribution in [0.15, 0.2) is 78.9 Å². The van der Waals surface area contributed by atoms with E-state index in [1.807, 2.05) is 61.6 Å². The molecule has 3 rings (SSSR count). The highest BCUT2D eigenvalue weighted by molar-refractivity contribution is 5.98. The second-order valence-electron chi connectivity index (χ2n) is 7.77. The first-order chi connectivity index (χ1) is 14.9. The van der Waals surface area contributed by atoms with Gasteiger partial charge >= 0.3 is 5.91 Å². The van der Waals surface area contributed by atoms with Gasteiger partial charge in [-0.05, 0) is 42.0 Å². The van der Waals surface area contributed by atoms with Crippen LogP contribution in [0.5, 0.6) is 11.5 Å². The van der Waals surface area contributed by atoms with Crippen LogP contribution in [0.1, 0.15) is 21.5 Å². The standard InChI is InChI=1S/C26H28NO4.ClH/c1-27(18-21-7-5-4-6-8-21,19-25(28)22-11-15-24(31-3)16-12-22)26(29)17-20-9-13-23(30-2)14-10-20;/h4-16H,17-19H2,1-3H3;1H/q+1;/p-1. The van der Waals surface area contributed by atoms with Crippen molar-refractivity contribution < 1.29 is 36.0 Å².